The van der Waals surface area contributed by atoms with Crippen molar-refractivity contribution in [2.45, 2.75) is 26.1 Å². The highest BCUT2D eigenvalue weighted by atomic mass is 19.1. The van der Waals surface area contributed by atoms with E-state index in [4.69, 9.17) is 4.42 Å². The van der Waals surface area contributed by atoms with E-state index in [1.807, 2.05) is 39.2 Å². The van der Waals surface area contributed by atoms with Crippen molar-refractivity contribution in [2.75, 3.05) is 14.1 Å². The number of nitrogens with one attached hydrogen (secondary N) is 1. The Morgan fingerprint density at radius 3 is 2.75 bits per heavy atom. The summed E-state index contributed by atoms with van der Waals surface area (Å²) in [4.78, 5) is 2.08. The van der Waals surface area contributed by atoms with Crippen LogP contribution in [0.4, 0.5) is 4.39 Å². The zero-order chi connectivity index (χ0) is 14.5. The fourth-order valence-electron chi connectivity index (χ4n) is 2.27. The third-order valence-corrected chi connectivity index (χ3v) is 3.61. The highest BCUT2D eigenvalue weighted by Crippen LogP contribution is 2.24. The topological polar surface area (TPSA) is 28.4 Å². The van der Waals surface area contributed by atoms with Gasteiger partial charge in [-0.1, -0.05) is 18.2 Å². The van der Waals surface area contributed by atoms with Crippen molar-refractivity contribution < 1.29 is 8.81 Å². The Morgan fingerprint density at radius 1 is 1.30 bits per heavy atom. The van der Waals surface area contributed by atoms with Gasteiger partial charge in [-0.3, -0.25) is 4.90 Å². The van der Waals surface area contributed by atoms with E-state index in [1.54, 1.807) is 12.3 Å². The minimum Gasteiger partial charge on any atom is -0.468 e. The van der Waals surface area contributed by atoms with Gasteiger partial charge in [-0.15, -0.1) is 0 Å². The Kier molecular flexibility index (Phi) is 4.93. The molecule has 108 valence electrons. The summed E-state index contributed by atoms with van der Waals surface area (Å²) in [5, 5.41) is 3.12. The predicted molar refractivity (Wildman–Crippen MR) is 77.8 cm³/mol. The second-order valence-corrected chi connectivity index (χ2v) is 5.01. The van der Waals surface area contributed by atoms with Crippen molar-refractivity contribution in [1.29, 1.82) is 0 Å². The van der Waals surface area contributed by atoms with Crippen LogP contribution in [0.25, 0.3) is 0 Å². The minimum absolute atomic E-state index is 0.0104. The van der Waals surface area contributed by atoms with Crippen LogP contribution in [-0.4, -0.2) is 19.0 Å². The molecule has 1 N–H and O–H groups in total. The molecule has 0 saturated carbocycles. The standard InChI is InChI=1S/C16H21FN2O/c1-12(14-6-4-5-7-15(14)17)19(3)11-16-13(10-18-2)8-9-20-16/h4-9,12,18H,10-11H2,1-3H3. The number of hydrogen-bond acceptors (Lipinski definition) is 3. The van der Waals surface area contributed by atoms with Gasteiger partial charge in [0.25, 0.3) is 0 Å². The fourth-order valence-corrected chi connectivity index (χ4v) is 2.27. The highest BCUT2D eigenvalue weighted by Gasteiger charge is 2.17. The number of hydrogen-bond donors (Lipinski definition) is 1. The number of rotatable bonds is 6. The smallest absolute Gasteiger partial charge is 0.127 e. The van der Waals surface area contributed by atoms with Crippen LogP contribution >= 0.6 is 0 Å². The van der Waals surface area contributed by atoms with Gasteiger partial charge in [-0.25, -0.2) is 4.39 Å². The van der Waals surface area contributed by atoms with Gasteiger partial charge in [-0.2, -0.15) is 0 Å². The molecule has 1 heterocycles. The normalized spacial score (nSPS) is 12.8. The molecule has 3 nitrogen and oxygen atoms in total. The van der Waals surface area contributed by atoms with E-state index in [2.05, 4.69) is 10.2 Å². The molecule has 0 bridgehead atoms. The molecule has 0 aliphatic heterocycles. The lowest BCUT2D eigenvalue weighted by Gasteiger charge is -2.25. The van der Waals surface area contributed by atoms with Crippen LogP contribution in [0.5, 0.6) is 0 Å². The summed E-state index contributed by atoms with van der Waals surface area (Å²) >= 11 is 0. The molecule has 0 aliphatic rings. The second kappa shape index (κ2) is 6.68. The molecular weight excluding hydrogens is 255 g/mol. The molecule has 0 fully saturated rings. The van der Waals surface area contributed by atoms with Crippen molar-refractivity contribution in [3.05, 3.63) is 59.3 Å². The molecular formula is C16H21FN2O. The number of furan rings is 1. The van der Waals surface area contributed by atoms with Gasteiger partial charge in [0.1, 0.15) is 11.6 Å². The van der Waals surface area contributed by atoms with E-state index in [0.717, 1.165) is 17.9 Å². The van der Waals surface area contributed by atoms with E-state index < -0.39 is 0 Å². The van der Waals surface area contributed by atoms with Crippen LogP contribution in [0.3, 0.4) is 0 Å². The Balaban J connectivity index is 2.09. The largest absolute Gasteiger partial charge is 0.468 e. The first-order chi connectivity index (χ1) is 9.63. The Morgan fingerprint density at radius 2 is 2.05 bits per heavy atom. The first kappa shape index (κ1) is 14.8. The Labute approximate surface area is 119 Å². The van der Waals surface area contributed by atoms with Crippen LogP contribution in [0.2, 0.25) is 0 Å². The van der Waals surface area contributed by atoms with Crippen molar-refractivity contribution in [1.82, 2.24) is 10.2 Å². The highest BCUT2D eigenvalue weighted by molar-refractivity contribution is 5.21. The molecule has 1 unspecified atom stereocenters. The summed E-state index contributed by atoms with van der Waals surface area (Å²) in [5.41, 5.74) is 1.84. The average Bonchev–Trinajstić information content (AvgIpc) is 2.86. The summed E-state index contributed by atoms with van der Waals surface area (Å²) in [6, 6.07) is 8.86. The zero-order valence-corrected chi connectivity index (χ0v) is 12.2. The third-order valence-electron chi connectivity index (χ3n) is 3.61. The lowest BCUT2D eigenvalue weighted by molar-refractivity contribution is 0.227. The number of nitrogens with zero attached hydrogens (tertiary/aromatic N) is 1. The molecule has 0 radical (unpaired) electrons. The van der Waals surface area contributed by atoms with Crippen LogP contribution < -0.4 is 5.32 Å². The summed E-state index contributed by atoms with van der Waals surface area (Å²) in [6.07, 6.45) is 1.70. The van der Waals surface area contributed by atoms with Crippen molar-refractivity contribution in [3.8, 4) is 0 Å². The van der Waals surface area contributed by atoms with E-state index in [-0.39, 0.29) is 11.9 Å². The first-order valence-electron chi connectivity index (χ1n) is 6.78. The lowest BCUT2D eigenvalue weighted by atomic mass is 10.1. The van der Waals surface area contributed by atoms with Crippen LogP contribution in [0.1, 0.15) is 29.9 Å². The molecule has 1 aromatic carbocycles. The summed E-state index contributed by atoms with van der Waals surface area (Å²) in [5.74, 6) is 0.756. The SMILES string of the molecule is CNCc1ccoc1CN(C)C(C)c1ccccc1F. The third kappa shape index (κ3) is 3.26. The fraction of sp³-hybridized carbons (Fsp3) is 0.375. The molecule has 0 saturated heterocycles. The molecule has 0 aliphatic carbocycles. The molecule has 0 amide bonds. The van der Waals surface area contributed by atoms with Crippen LogP contribution in [0.15, 0.2) is 41.0 Å². The summed E-state index contributed by atoms with van der Waals surface area (Å²) in [6.45, 7) is 3.42. The molecule has 2 rings (SSSR count). The first-order valence-corrected chi connectivity index (χ1v) is 6.78. The molecule has 0 spiro atoms. The van der Waals surface area contributed by atoms with Crippen molar-refractivity contribution in [2.24, 2.45) is 0 Å². The Hall–Kier alpha value is -1.65. The number of benzene rings is 1. The van der Waals surface area contributed by atoms with Gasteiger partial charge in [0.05, 0.1) is 12.8 Å². The summed E-state index contributed by atoms with van der Waals surface area (Å²) in [7, 11) is 3.88. The monoisotopic (exact) mass is 276 g/mol. The molecule has 1 aromatic heterocycles. The van der Waals surface area contributed by atoms with Crippen LogP contribution in [-0.2, 0) is 13.1 Å². The average molecular weight is 276 g/mol. The van der Waals surface area contributed by atoms with E-state index >= 15 is 0 Å². The zero-order valence-electron chi connectivity index (χ0n) is 12.2. The quantitative estimate of drug-likeness (QED) is 0.877. The van der Waals surface area contributed by atoms with Crippen molar-refractivity contribution in [3.63, 3.8) is 0 Å². The second-order valence-electron chi connectivity index (χ2n) is 5.01. The van der Waals surface area contributed by atoms with Gasteiger partial charge in [0, 0.05) is 23.7 Å². The molecule has 20 heavy (non-hydrogen) atoms. The van der Waals surface area contributed by atoms with Gasteiger partial charge >= 0.3 is 0 Å². The molecule has 1 atom stereocenters. The predicted octanol–water partition coefficient (Wildman–Crippen LogP) is 3.33. The maximum Gasteiger partial charge on any atom is 0.127 e. The van der Waals surface area contributed by atoms with Crippen LogP contribution in [0, 0.1) is 5.82 Å². The van der Waals surface area contributed by atoms with Crippen molar-refractivity contribution >= 4 is 0 Å². The lowest BCUT2D eigenvalue weighted by Crippen LogP contribution is -2.23. The maximum atomic E-state index is 13.8. The van der Waals surface area contributed by atoms with E-state index in [0.29, 0.717) is 12.1 Å². The minimum atomic E-state index is -0.165. The van der Waals surface area contributed by atoms with Gasteiger partial charge in [0.15, 0.2) is 0 Å². The van der Waals surface area contributed by atoms with Gasteiger partial charge in [-0.05, 0) is 33.2 Å². The van der Waals surface area contributed by atoms with Gasteiger partial charge < -0.3 is 9.73 Å². The van der Waals surface area contributed by atoms with E-state index in [1.165, 1.54) is 6.07 Å². The maximum absolute atomic E-state index is 13.8. The molecule has 4 heteroatoms. The molecule has 2 aromatic rings. The number of halogens is 1. The van der Waals surface area contributed by atoms with E-state index in [9.17, 15) is 4.39 Å². The summed E-state index contributed by atoms with van der Waals surface area (Å²) < 4.78 is 19.3. The van der Waals surface area contributed by atoms with Gasteiger partial charge in [0.2, 0.25) is 0 Å². The Bertz CT molecular complexity index is 553.